The summed E-state index contributed by atoms with van der Waals surface area (Å²) >= 11 is 4.32. The maximum Gasteiger partial charge on any atom is 0.164 e. The summed E-state index contributed by atoms with van der Waals surface area (Å²) < 4.78 is 0. The van der Waals surface area contributed by atoms with Gasteiger partial charge in [0.15, 0.2) is 5.75 Å². The average molecular weight is 213 g/mol. The van der Waals surface area contributed by atoms with E-state index >= 15 is 0 Å². The molecule has 0 atom stereocenters. The van der Waals surface area contributed by atoms with Crippen LogP contribution in [0.5, 0.6) is 5.75 Å². The fourth-order valence-corrected chi connectivity index (χ4v) is 1.70. The van der Waals surface area contributed by atoms with E-state index in [1.165, 1.54) is 0 Å². The van der Waals surface area contributed by atoms with Crippen LogP contribution < -0.4 is 16.0 Å². The summed E-state index contributed by atoms with van der Waals surface area (Å²) in [5.41, 5.74) is 2.08. The van der Waals surface area contributed by atoms with Gasteiger partial charge in [-0.25, -0.2) is 0 Å². The van der Waals surface area contributed by atoms with Gasteiger partial charge in [0.25, 0.3) is 0 Å². The van der Waals surface area contributed by atoms with Gasteiger partial charge in [-0.2, -0.15) is 0 Å². The second kappa shape index (κ2) is 4.32. The Morgan fingerprint density at radius 1 is 1.07 bits per heavy atom. The van der Waals surface area contributed by atoms with Crippen molar-refractivity contribution >= 4 is 29.7 Å². The zero-order chi connectivity index (χ0) is 10.7. The summed E-state index contributed by atoms with van der Waals surface area (Å²) in [5, 5.41) is 18.6. The molecular weight excluding hydrogens is 198 g/mol. The van der Waals surface area contributed by atoms with Gasteiger partial charge in [0.2, 0.25) is 0 Å². The van der Waals surface area contributed by atoms with Gasteiger partial charge in [0.05, 0.1) is 11.4 Å². The fourth-order valence-electron chi connectivity index (χ4n) is 1.35. The normalized spacial score (nSPS) is 9.71. The number of anilines is 3. The summed E-state index contributed by atoms with van der Waals surface area (Å²) in [4.78, 5) is 0.777. The van der Waals surface area contributed by atoms with E-state index in [4.69, 9.17) is 0 Å². The topological polar surface area (TPSA) is 56.3 Å². The molecule has 4 N–H and O–H groups in total. The molecule has 4 nitrogen and oxygen atoms in total. The Morgan fingerprint density at radius 2 is 1.64 bits per heavy atom. The summed E-state index contributed by atoms with van der Waals surface area (Å²) in [6.45, 7) is 0. The van der Waals surface area contributed by atoms with Gasteiger partial charge in [-0.3, -0.25) is 0 Å². The minimum absolute atomic E-state index is 0.192. The smallest absolute Gasteiger partial charge is 0.164 e. The predicted molar refractivity (Wildman–Crippen MR) is 64.0 cm³/mol. The van der Waals surface area contributed by atoms with Crippen LogP contribution in [-0.4, -0.2) is 26.2 Å². The summed E-state index contributed by atoms with van der Waals surface area (Å²) in [7, 11) is 5.29. The third kappa shape index (κ3) is 1.68. The highest BCUT2D eigenvalue weighted by Crippen LogP contribution is 2.41. The van der Waals surface area contributed by atoms with E-state index in [0.717, 1.165) is 10.6 Å². The number of rotatable bonds is 3. The lowest BCUT2D eigenvalue weighted by molar-refractivity contribution is 0.479. The SMILES string of the molecule is CNc1cc(S)c(NC)c(NC)c1O. The Kier molecular flexibility index (Phi) is 3.35. The molecule has 0 heterocycles. The molecule has 0 spiro atoms. The highest BCUT2D eigenvalue weighted by molar-refractivity contribution is 7.80. The molecule has 14 heavy (non-hydrogen) atoms. The van der Waals surface area contributed by atoms with Crippen molar-refractivity contribution in [2.75, 3.05) is 37.1 Å². The molecule has 0 aromatic heterocycles. The Morgan fingerprint density at radius 3 is 2.07 bits per heavy atom. The Labute approximate surface area is 89.1 Å². The van der Waals surface area contributed by atoms with E-state index in [-0.39, 0.29) is 5.75 Å². The molecule has 0 aliphatic rings. The molecule has 1 rings (SSSR count). The monoisotopic (exact) mass is 213 g/mol. The van der Waals surface area contributed by atoms with Gasteiger partial charge in [-0.1, -0.05) is 0 Å². The van der Waals surface area contributed by atoms with Crippen LogP contribution in [0.2, 0.25) is 0 Å². The van der Waals surface area contributed by atoms with Gasteiger partial charge in [-0.15, -0.1) is 12.6 Å². The summed E-state index contributed by atoms with van der Waals surface area (Å²) in [6.07, 6.45) is 0. The number of benzene rings is 1. The third-order valence-electron chi connectivity index (χ3n) is 2.05. The first kappa shape index (κ1) is 10.8. The van der Waals surface area contributed by atoms with Crippen molar-refractivity contribution in [3.63, 3.8) is 0 Å². The second-order valence-electron chi connectivity index (χ2n) is 2.79. The molecule has 0 radical (unpaired) electrons. The van der Waals surface area contributed by atoms with Crippen LogP contribution in [0.1, 0.15) is 0 Å². The molecule has 1 aromatic rings. The predicted octanol–water partition coefficient (Wildman–Crippen LogP) is 1.81. The van der Waals surface area contributed by atoms with Crippen molar-refractivity contribution in [3.05, 3.63) is 6.07 Å². The minimum atomic E-state index is 0.192. The van der Waals surface area contributed by atoms with Gasteiger partial charge in [0, 0.05) is 26.0 Å². The van der Waals surface area contributed by atoms with Crippen molar-refractivity contribution in [3.8, 4) is 5.75 Å². The number of phenols is 1. The first-order chi connectivity index (χ1) is 6.65. The molecule has 0 unspecified atom stereocenters. The van der Waals surface area contributed by atoms with E-state index in [2.05, 4.69) is 28.6 Å². The number of aromatic hydroxyl groups is 1. The summed E-state index contributed by atoms with van der Waals surface area (Å²) in [6, 6.07) is 1.77. The Balaban J connectivity index is 3.40. The number of hydrogen-bond donors (Lipinski definition) is 5. The molecular formula is C9H15N3OS. The maximum absolute atomic E-state index is 9.83. The molecule has 0 bridgehead atoms. The molecule has 5 heteroatoms. The van der Waals surface area contributed by atoms with Crippen LogP contribution >= 0.6 is 12.6 Å². The average Bonchev–Trinajstić information content (AvgIpc) is 2.20. The van der Waals surface area contributed by atoms with Crippen LogP contribution in [0.4, 0.5) is 17.1 Å². The van der Waals surface area contributed by atoms with Crippen LogP contribution in [0.25, 0.3) is 0 Å². The molecule has 1 aromatic carbocycles. The van der Waals surface area contributed by atoms with E-state index < -0.39 is 0 Å². The van der Waals surface area contributed by atoms with Crippen molar-refractivity contribution < 1.29 is 5.11 Å². The lowest BCUT2D eigenvalue weighted by Gasteiger charge is -2.16. The molecule has 0 saturated carbocycles. The van der Waals surface area contributed by atoms with E-state index in [1.54, 1.807) is 27.2 Å². The number of phenolic OH excluding ortho intramolecular Hbond substituents is 1. The lowest BCUT2D eigenvalue weighted by Crippen LogP contribution is -2.00. The van der Waals surface area contributed by atoms with Crippen LogP contribution in [-0.2, 0) is 0 Å². The molecule has 0 fully saturated rings. The van der Waals surface area contributed by atoms with Crippen LogP contribution in [0.15, 0.2) is 11.0 Å². The van der Waals surface area contributed by atoms with Crippen molar-refractivity contribution in [1.82, 2.24) is 0 Å². The highest BCUT2D eigenvalue weighted by Gasteiger charge is 2.13. The first-order valence-corrected chi connectivity index (χ1v) is 4.72. The van der Waals surface area contributed by atoms with Gasteiger partial charge in [-0.05, 0) is 6.07 Å². The fraction of sp³-hybridized carbons (Fsp3) is 0.333. The van der Waals surface area contributed by atoms with Crippen molar-refractivity contribution in [2.45, 2.75) is 4.90 Å². The van der Waals surface area contributed by atoms with Gasteiger partial charge >= 0.3 is 0 Å². The molecule has 0 saturated heterocycles. The summed E-state index contributed by atoms with van der Waals surface area (Å²) in [5.74, 6) is 0.192. The second-order valence-corrected chi connectivity index (χ2v) is 3.27. The van der Waals surface area contributed by atoms with Crippen molar-refractivity contribution in [1.29, 1.82) is 0 Å². The zero-order valence-corrected chi connectivity index (χ0v) is 9.37. The standard InChI is InChI=1S/C9H15N3OS/c1-10-5-4-6(14)7(11-2)8(12-3)9(5)13/h4,10-14H,1-3H3. The molecule has 78 valence electrons. The van der Waals surface area contributed by atoms with Crippen molar-refractivity contribution in [2.24, 2.45) is 0 Å². The zero-order valence-electron chi connectivity index (χ0n) is 8.47. The number of hydrogen-bond acceptors (Lipinski definition) is 5. The largest absolute Gasteiger partial charge is 0.504 e. The highest BCUT2D eigenvalue weighted by atomic mass is 32.1. The quantitative estimate of drug-likeness (QED) is 0.392. The Bertz CT molecular complexity index is 341. The first-order valence-electron chi connectivity index (χ1n) is 4.27. The number of thiol groups is 1. The van der Waals surface area contributed by atoms with Crippen LogP contribution in [0.3, 0.4) is 0 Å². The molecule has 0 aliphatic carbocycles. The lowest BCUT2D eigenvalue weighted by atomic mass is 10.2. The van der Waals surface area contributed by atoms with Crippen LogP contribution in [0, 0.1) is 0 Å². The van der Waals surface area contributed by atoms with E-state index in [0.29, 0.717) is 11.4 Å². The molecule has 0 aliphatic heterocycles. The van der Waals surface area contributed by atoms with E-state index in [1.807, 2.05) is 0 Å². The maximum atomic E-state index is 9.83. The Hall–Kier alpha value is -1.23. The van der Waals surface area contributed by atoms with Gasteiger partial charge < -0.3 is 21.1 Å². The van der Waals surface area contributed by atoms with E-state index in [9.17, 15) is 5.11 Å². The van der Waals surface area contributed by atoms with Gasteiger partial charge in [0.1, 0.15) is 5.69 Å². The minimum Gasteiger partial charge on any atom is -0.504 e. The molecule has 0 amide bonds. The third-order valence-corrected chi connectivity index (χ3v) is 2.40. The number of nitrogens with one attached hydrogen (secondary N) is 3.